The van der Waals surface area contributed by atoms with Crippen LogP contribution in [-0.4, -0.2) is 38.2 Å². The third-order valence-electron chi connectivity index (χ3n) is 1.89. The monoisotopic (exact) mass is 225 g/mol. The van der Waals surface area contributed by atoms with Crippen molar-refractivity contribution in [1.29, 1.82) is 0 Å². The molecule has 0 aromatic carbocycles. The Morgan fingerprint density at radius 2 is 1.71 bits per heavy atom. The van der Waals surface area contributed by atoms with Crippen molar-refractivity contribution in [3.8, 4) is 0 Å². The largest absolute Gasteiger partial charge is 0.349 e. The van der Waals surface area contributed by atoms with E-state index in [0.29, 0.717) is 13.2 Å². The fourth-order valence-electron chi connectivity index (χ4n) is 0.965. The van der Waals surface area contributed by atoms with E-state index in [-0.39, 0.29) is 0 Å². The number of hydroxylamine groups is 2. The molecule has 0 fully saturated rings. The molecule has 0 amide bonds. The second kappa shape index (κ2) is 6.53. The Labute approximate surface area is 85.8 Å². The van der Waals surface area contributed by atoms with Gasteiger partial charge in [0, 0.05) is 7.05 Å². The molecule has 0 aliphatic heterocycles. The molecule has 0 saturated heterocycles. The van der Waals surface area contributed by atoms with Crippen LogP contribution in [0, 0.1) is 0 Å². The predicted molar refractivity (Wildman–Crippen MR) is 55.1 cm³/mol. The highest BCUT2D eigenvalue weighted by Crippen LogP contribution is 2.53. The normalized spacial score (nSPS) is 14.7. The molecule has 0 aliphatic carbocycles. The second-order valence-electron chi connectivity index (χ2n) is 2.74. The molecule has 0 N–H and O–H groups in total. The molecule has 0 rings (SSSR count). The highest BCUT2D eigenvalue weighted by Gasteiger charge is 2.35. The number of nitrogens with zero attached hydrogens (tertiary/aromatic N) is 1. The highest BCUT2D eigenvalue weighted by atomic mass is 31.2. The molecule has 0 radical (unpaired) electrons. The van der Waals surface area contributed by atoms with Gasteiger partial charge in [-0.05, 0) is 20.8 Å². The minimum atomic E-state index is -3.08. The molecular formula is C8H20NO4P. The number of rotatable bonds is 7. The fourth-order valence-corrected chi connectivity index (χ4v) is 2.68. The molecule has 0 aromatic heterocycles. The zero-order valence-electron chi connectivity index (χ0n) is 9.52. The van der Waals surface area contributed by atoms with Gasteiger partial charge in [-0.25, -0.2) is 0 Å². The molecule has 0 spiro atoms. The summed E-state index contributed by atoms with van der Waals surface area (Å²) in [5.74, 6) is -0.410. The summed E-state index contributed by atoms with van der Waals surface area (Å²) in [5.41, 5.74) is 0. The van der Waals surface area contributed by atoms with Crippen LogP contribution in [0.5, 0.6) is 0 Å². The third kappa shape index (κ3) is 3.67. The van der Waals surface area contributed by atoms with Crippen LogP contribution in [0.2, 0.25) is 0 Å². The summed E-state index contributed by atoms with van der Waals surface area (Å²) in [7, 11) is 0.120. The first-order chi connectivity index (χ1) is 6.51. The maximum atomic E-state index is 12.1. The quantitative estimate of drug-likeness (QED) is 0.490. The lowest BCUT2D eigenvalue weighted by molar-refractivity contribution is -0.122. The van der Waals surface area contributed by atoms with E-state index in [1.807, 2.05) is 0 Å². The summed E-state index contributed by atoms with van der Waals surface area (Å²) in [6.07, 6.45) is 0. The smallest absolute Gasteiger partial charge is 0.308 e. The fraction of sp³-hybridized carbons (Fsp3) is 1.00. The average Bonchev–Trinajstić information content (AvgIpc) is 2.16. The van der Waals surface area contributed by atoms with Crippen molar-refractivity contribution in [2.45, 2.75) is 26.6 Å². The van der Waals surface area contributed by atoms with Crippen molar-refractivity contribution in [3.05, 3.63) is 0 Å². The van der Waals surface area contributed by atoms with Gasteiger partial charge < -0.3 is 13.9 Å². The molecule has 1 unspecified atom stereocenters. The molecule has 0 bridgehead atoms. The van der Waals surface area contributed by atoms with E-state index in [2.05, 4.69) is 0 Å². The Bertz CT molecular complexity index is 190. The van der Waals surface area contributed by atoms with E-state index in [1.165, 1.54) is 12.2 Å². The maximum Gasteiger partial charge on any atom is 0.349 e. The van der Waals surface area contributed by atoms with Crippen LogP contribution >= 0.6 is 7.60 Å². The molecule has 0 saturated carbocycles. The van der Waals surface area contributed by atoms with Crippen LogP contribution in [-0.2, 0) is 18.5 Å². The van der Waals surface area contributed by atoms with Gasteiger partial charge in [0.15, 0.2) is 0 Å². The van der Waals surface area contributed by atoms with E-state index in [4.69, 9.17) is 13.9 Å². The molecule has 1 atom stereocenters. The van der Waals surface area contributed by atoms with E-state index < -0.39 is 13.4 Å². The Morgan fingerprint density at radius 1 is 1.29 bits per heavy atom. The topological polar surface area (TPSA) is 48.0 Å². The Kier molecular flexibility index (Phi) is 6.57. The Morgan fingerprint density at radius 3 is 2.00 bits per heavy atom. The summed E-state index contributed by atoms with van der Waals surface area (Å²) in [5, 5.41) is 1.46. The van der Waals surface area contributed by atoms with Crippen LogP contribution in [0.15, 0.2) is 0 Å². The molecular weight excluding hydrogens is 205 g/mol. The van der Waals surface area contributed by atoms with E-state index in [0.717, 1.165) is 0 Å². The van der Waals surface area contributed by atoms with E-state index in [1.54, 1.807) is 27.8 Å². The number of hydrogen-bond donors (Lipinski definition) is 0. The minimum absolute atomic E-state index is 0.360. The Balaban J connectivity index is 4.54. The van der Waals surface area contributed by atoms with Gasteiger partial charge in [0.05, 0.1) is 20.3 Å². The molecule has 14 heavy (non-hydrogen) atoms. The van der Waals surface area contributed by atoms with Crippen molar-refractivity contribution < 1.29 is 18.5 Å². The molecule has 6 heteroatoms. The highest BCUT2D eigenvalue weighted by molar-refractivity contribution is 7.54. The van der Waals surface area contributed by atoms with Crippen LogP contribution in [0.1, 0.15) is 20.8 Å². The molecule has 0 aromatic rings. The van der Waals surface area contributed by atoms with Gasteiger partial charge in [-0.1, -0.05) is 0 Å². The summed E-state index contributed by atoms with van der Waals surface area (Å²) in [6.45, 7) is 6.03. The first kappa shape index (κ1) is 14.1. The second-order valence-corrected chi connectivity index (χ2v) is 5.08. The van der Waals surface area contributed by atoms with Crippen molar-refractivity contribution in [3.63, 3.8) is 0 Å². The average molecular weight is 225 g/mol. The van der Waals surface area contributed by atoms with Gasteiger partial charge in [0.25, 0.3) is 0 Å². The van der Waals surface area contributed by atoms with Gasteiger partial charge in [-0.3, -0.25) is 4.57 Å². The van der Waals surface area contributed by atoms with E-state index >= 15 is 0 Å². The van der Waals surface area contributed by atoms with Crippen LogP contribution in [0.25, 0.3) is 0 Å². The lowest BCUT2D eigenvalue weighted by atomic mass is 10.7. The van der Waals surface area contributed by atoms with E-state index in [9.17, 15) is 4.57 Å². The zero-order chi connectivity index (χ0) is 11.2. The van der Waals surface area contributed by atoms with Crippen molar-refractivity contribution >= 4 is 7.60 Å². The SMILES string of the molecule is CCOP(=O)(OCC)C(C)N(C)OC. The van der Waals surface area contributed by atoms with Crippen LogP contribution < -0.4 is 0 Å². The molecule has 5 nitrogen and oxygen atoms in total. The van der Waals surface area contributed by atoms with Gasteiger partial charge in [-0.15, -0.1) is 0 Å². The summed E-state index contributed by atoms with van der Waals surface area (Å²) < 4.78 is 22.5. The van der Waals surface area contributed by atoms with Crippen molar-refractivity contribution in [1.82, 2.24) is 5.06 Å². The van der Waals surface area contributed by atoms with Crippen LogP contribution in [0.3, 0.4) is 0 Å². The summed E-state index contributed by atoms with van der Waals surface area (Å²) in [4.78, 5) is 4.95. The third-order valence-corrected chi connectivity index (χ3v) is 4.37. The summed E-state index contributed by atoms with van der Waals surface area (Å²) in [6, 6.07) is 0. The first-order valence-corrected chi connectivity index (χ1v) is 6.28. The number of hydrogen-bond acceptors (Lipinski definition) is 5. The Hall–Kier alpha value is 0.0700. The van der Waals surface area contributed by atoms with Crippen molar-refractivity contribution in [2.75, 3.05) is 27.4 Å². The van der Waals surface area contributed by atoms with Gasteiger partial charge in [0.1, 0.15) is 5.78 Å². The van der Waals surface area contributed by atoms with Crippen LogP contribution in [0.4, 0.5) is 0 Å². The van der Waals surface area contributed by atoms with Gasteiger partial charge in [0.2, 0.25) is 0 Å². The standard InChI is InChI=1S/C8H20NO4P/c1-6-12-14(10,13-7-2)8(3)9(4)11-5/h8H,6-7H2,1-5H3. The molecule has 0 aliphatic rings. The molecule has 86 valence electrons. The molecule has 0 heterocycles. The summed E-state index contributed by atoms with van der Waals surface area (Å²) >= 11 is 0. The van der Waals surface area contributed by atoms with Gasteiger partial charge in [-0.2, -0.15) is 5.06 Å². The maximum absolute atomic E-state index is 12.1. The zero-order valence-corrected chi connectivity index (χ0v) is 10.4. The van der Waals surface area contributed by atoms with Crippen molar-refractivity contribution in [2.24, 2.45) is 0 Å². The van der Waals surface area contributed by atoms with Gasteiger partial charge >= 0.3 is 7.60 Å². The lowest BCUT2D eigenvalue weighted by Crippen LogP contribution is -2.29. The lowest BCUT2D eigenvalue weighted by Gasteiger charge is -2.28. The predicted octanol–water partition coefficient (Wildman–Crippen LogP) is 2.09. The first-order valence-electron chi connectivity index (χ1n) is 4.67. The minimum Gasteiger partial charge on any atom is -0.308 e.